The van der Waals surface area contributed by atoms with Crippen LogP contribution in [-0.2, 0) is 13.5 Å². The van der Waals surface area contributed by atoms with Crippen LogP contribution >= 0.6 is 0 Å². The normalized spacial score (nSPS) is 15.9. The van der Waals surface area contributed by atoms with Gasteiger partial charge in [0.25, 0.3) is 5.82 Å². The lowest BCUT2D eigenvalue weighted by atomic mass is 10.2. The van der Waals surface area contributed by atoms with Crippen molar-refractivity contribution in [1.82, 2.24) is 14.0 Å². The van der Waals surface area contributed by atoms with Gasteiger partial charge in [0.1, 0.15) is 6.54 Å². The average molecular weight is 264 g/mol. The number of aryl methyl sites for hydroxylation is 1. The van der Waals surface area contributed by atoms with E-state index in [0.29, 0.717) is 11.2 Å². The Hall–Kier alpha value is -2.62. The summed E-state index contributed by atoms with van der Waals surface area (Å²) in [5.74, 6) is 0.988. The van der Waals surface area contributed by atoms with Crippen molar-refractivity contribution >= 4 is 16.7 Å². The zero-order chi connectivity index (χ0) is 15.8. The number of aromatic nitrogens is 4. The Morgan fingerprint density at radius 3 is 3.05 bits per heavy atom. The molecule has 1 aliphatic heterocycles. The van der Waals surface area contributed by atoms with Crippen LogP contribution < -0.4 is 4.57 Å². The molecule has 0 saturated carbocycles. The van der Waals surface area contributed by atoms with E-state index < -0.39 is 6.98 Å². The van der Waals surface area contributed by atoms with Gasteiger partial charge in [0.05, 0.1) is 11.1 Å². The Kier molecular flexibility index (Phi) is 1.29. The first-order chi connectivity index (χ1) is 11.1. The number of pyridine rings is 1. The van der Waals surface area contributed by atoms with Crippen LogP contribution in [0.3, 0.4) is 0 Å². The van der Waals surface area contributed by atoms with Gasteiger partial charge in [-0.2, -0.15) is 4.40 Å². The lowest BCUT2D eigenvalue weighted by Gasteiger charge is -1.92. The summed E-state index contributed by atoms with van der Waals surface area (Å²) in [6, 6.07) is 9.62. The smallest absolute Gasteiger partial charge is 0.298 e. The Bertz CT molecular complexity index is 1090. The molecule has 4 aromatic rings. The number of hydrogen-bond acceptors (Lipinski definition) is 1. The predicted octanol–water partition coefficient (Wildman–Crippen LogP) is 2.14. The van der Waals surface area contributed by atoms with E-state index in [2.05, 4.69) is 9.55 Å². The lowest BCUT2D eigenvalue weighted by Crippen LogP contribution is -2.29. The Balaban J connectivity index is 2.00. The second-order valence-electron chi connectivity index (χ2n) is 5.13. The molecular weight excluding hydrogens is 248 g/mol. The van der Waals surface area contributed by atoms with Gasteiger partial charge in [0.2, 0.25) is 5.65 Å². The molecule has 0 unspecified atom stereocenters. The van der Waals surface area contributed by atoms with Crippen molar-refractivity contribution in [1.29, 1.82) is 0 Å². The molecular formula is C16H13N4+. The minimum absolute atomic E-state index is 0.677. The van der Waals surface area contributed by atoms with E-state index in [-0.39, 0.29) is 0 Å². The monoisotopic (exact) mass is 264 g/mol. The minimum atomic E-state index is -2.23. The van der Waals surface area contributed by atoms with Gasteiger partial charge in [-0.05, 0) is 18.2 Å². The number of para-hydroxylation sites is 2. The summed E-state index contributed by atoms with van der Waals surface area (Å²) in [4.78, 5) is 4.23. The third kappa shape index (κ3) is 1.04. The highest BCUT2D eigenvalue weighted by Gasteiger charge is 2.32. The first-order valence-corrected chi connectivity index (χ1v) is 6.54. The summed E-state index contributed by atoms with van der Waals surface area (Å²) in [6.07, 6.45) is 5.56. The van der Waals surface area contributed by atoms with Crippen molar-refractivity contribution in [3.63, 3.8) is 0 Å². The fourth-order valence-corrected chi connectivity index (χ4v) is 3.20. The summed E-state index contributed by atoms with van der Waals surface area (Å²) in [6.45, 7) is -1.49. The number of hydrogen-bond donors (Lipinski definition) is 0. The standard InChI is InChI=1S/C16H13N4/c1-18-13-4-2-3-5-14(13)20-15(18)10-19-9-11-6-7-17-8-12(11)16(19)20/h2-8,10H,9H2,1H3/q+1/i1D3. The molecule has 0 spiro atoms. The maximum atomic E-state index is 7.91. The van der Waals surface area contributed by atoms with Crippen molar-refractivity contribution < 1.29 is 8.68 Å². The van der Waals surface area contributed by atoms with E-state index in [0.717, 1.165) is 23.4 Å². The van der Waals surface area contributed by atoms with Gasteiger partial charge < -0.3 is 4.57 Å². The van der Waals surface area contributed by atoms with Gasteiger partial charge in [-0.25, -0.2) is 4.57 Å². The van der Waals surface area contributed by atoms with Gasteiger partial charge in [0, 0.05) is 29.0 Å². The van der Waals surface area contributed by atoms with Gasteiger partial charge in [-0.15, -0.1) is 0 Å². The number of fused-ring (bicyclic) bond motifs is 7. The number of benzene rings is 1. The van der Waals surface area contributed by atoms with E-state index in [9.17, 15) is 0 Å². The lowest BCUT2D eigenvalue weighted by molar-refractivity contribution is -0.670. The van der Waals surface area contributed by atoms with Gasteiger partial charge >= 0.3 is 0 Å². The molecule has 3 aromatic heterocycles. The fraction of sp³-hybridized carbons (Fsp3) is 0.125. The molecule has 0 fully saturated rings. The van der Waals surface area contributed by atoms with Crippen LogP contribution in [0.2, 0.25) is 0 Å². The molecule has 0 saturated heterocycles. The van der Waals surface area contributed by atoms with Crippen LogP contribution in [0, 0.1) is 0 Å². The van der Waals surface area contributed by atoms with Gasteiger partial charge in [-0.3, -0.25) is 4.98 Å². The predicted molar refractivity (Wildman–Crippen MR) is 76.4 cm³/mol. The fourth-order valence-electron chi connectivity index (χ4n) is 3.20. The summed E-state index contributed by atoms with van der Waals surface area (Å²) >= 11 is 0. The second-order valence-corrected chi connectivity index (χ2v) is 5.13. The average Bonchev–Trinajstić information content (AvgIpc) is 3.11. The molecule has 5 rings (SSSR count). The zero-order valence-electron chi connectivity index (χ0n) is 13.6. The van der Waals surface area contributed by atoms with E-state index in [1.54, 1.807) is 6.20 Å². The van der Waals surface area contributed by atoms with E-state index in [1.807, 2.05) is 47.1 Å². The SMILES string of the molecule is [2H]C([2H])([2H])n1c2ccccc2n2c3[n+](cc12)Cc1ccncc1-3. The van der Waals surface area contributed by atoms with Crippen LogP contribution in [0.4, 0.5) is 0 Å². The molecule has 1 aliphatic rings. The molecule has 96 valence electrons. The number of rotatable bonds is 0. The maximum absolute atomic E-state index is 7.91. The van der Waals surface area contributed by atoms with Crippen LogP contribution in [0.1, 0.15) is 9.68 Å². The third-order valence-corrected chi connectivity index (χ3v) is 4.07. The Labute approximate surface area is 119 Å². The highest BCUT2D eigenvalue weighted by Crippen LogP contribution is 2.30. The molecule has 0 N–H and O–H groups in total. The molecule has 0 aliphatic carbocycles. The Morgan fingerprint density at radius 2 is 2.15 bits per heavy atom. The first-order valence-electron chi connectivity index (χ1n) is 8.04. The van der Waals surface area contributed by atoms with Crippen LogP contribution in [0.25, 0.3) is 28.1 Å². The molecule has 0 radical (unpaired) electrons. The molecule has 0 amide bonds. The molecule has 0 bridgehead atoms. The molecule has 4 heteroatoms. The highest BCUT2D eigenvalue weighted by atomic mass is 15.2. The van der Waals surface area contributed by atoms with Crippen molar-refractivity contribution in [2.75, 3.05) is 0 Å². The summed E-state index contributed by atoms with van der Waals surface area (Å²) in [7, 11) is 0. The highest BCUT2D eigenvalue weighted by molar-refractivity contribution is 5.84. The zero-order valence-corrected chi connectivity index (χ0v) is 10.6. The van der Waals surface area contributed by atoms with Gasteiger partial charge in [0.15, 0.2) is 11.7 Å². The number of nitrogens with zero attached hydrogens (tertiary/aromatic N) is 4. The van der Waals surface area contributed by atoms with Crippen molar-refractivity contribution in [2.24, 2.45) is 6.98 Å². The summed E-state index contributed by atoms with van der Waals surface area (Å²) in [5.41, 5.74) is 4.54. The quantitative estimate of drug-likeness (QED) is 0.394. The maximum Gasteiger partial charge on any atom is 0.298 e. The largest absolute Gasteiger partial charge is 0.305 e. The molecule has 1 aromatic carbocycles. The third-order valence-electron chi connectivity index (χ3n) is 4.07. The van der Waals surface area contributed by atoms with Crippen LogP contribution in [-0.4, -0.2) is 14.0 Å². The van der Waals surface area contributed by atoms with Crippen molar-refractivity contribution in [2.45, 2.75) is 6.54 Å². The Morgan fingerprint density at radius 1 is 1.25 bits per heavy atom. The first kappa shape index (κ1) is 7.85. The topological polar surface area (TPSA) is 26.1 Å². The van der Waals surface area contributed by atoms with E-state index >= 15 is 0 Å². The van der Waals surface area contributed by atoms with Crippen molar-refractivity contribution in [3.05, 3.63) is 54.5 Å². The van der Waals surface area contributed by atoms with Crippen molar-refractivity contribution in [3.8, 4) is 11.4 Å². The molecule has 0 atom stereocenters. The number of imidazole rings is 2. The summed E-state index contributed by atoms with van der Waals surface area (Å²) in [5, 5.41) is 0. The minimum Gasteiger partial charge on any atom is -0.305 e. The van der Waals surface area contributed by atoms with Crippen LogP contribution in [0.15, 0.2) is 48.9 Å². The summed E-state index contributed by atoms with van der Waals surface area (Å²) < 4.78 is 29.3. The van der Waals surface area contributed by atoms with E-state index in [1.165, 1.54) is 10.1 Å². The van der Waals surface area contributed by atoms with E-state index in [4.69, 9.17) is 4.11 Å². The molecule has 4 heterocycles. The van der Waals surface area contributed by atoms with Gasteiger partial charge in [-0.1, -0.05) is 12.1 Å². The second kappa shape index (κ2) is 3.28. The molecule has 20 heavy (non-hydrogen) atoms. The molecule has 4 nitrogen and oxygen atoms in total. The van der Waals surface area contributed by atoms with Crippen LogP contribution in [0.5, 0.6) is 0 Å².